The maximum absolute atomic E-state index is 13.0. The van der Waals surface area contributed by atoms with E-state index < -0.39 is 0 Å². The highest BCUT2D eigenvalue weighted by Crippen LogP contribution is 2.28. The molecule has 0 saturated carbocycles. The monoisotopic (exact) mass is 271 g/mol. The van der Waals surface area contributed by atoms with Crippen molar-refractivity contribution >= 4 is 0 Å². The third-order valence-electron chi connectivity index (χ3n) is 3.84. The highest BCUT2D eigenvalue weighted by molar-refractivity contribution is 5.55. The Morgan fingerprint density at radius 2 is 1.75 bits per heavy atom. The van der Waals surface area contributed by atoms with Gasteiger partial charge >= 0.3 is 0 Å². The summed E-state index contributed by atoms with van der Waals surface area (Å²) in [7, 11) is 0. The van der Waals surface area contributed by atoms with Crippen LogP contribution in [0.3, 0.4) is 0 Å². The maximum atomic E-state index is 13.0. The zero-order valence-corrected chi connectivity index (χ0v) is 11.8. The van der Waals surface area contributed by atoms with Crippen LogP contribution in [0.1, 0.15) is 35.8 Å². The predicted molar refractivity (Wildman–Crippen MR) is 76.9 cm³/mol. The Hall–Kier alpha value is -1.81. The quantitative estimate of drug-likeness (QED) is 0.910. The van der Waals surface area contributed by atoms with E-state index in [1.165, 1.54) is 24.1 Å². The topological polar surface area (TPSA) is 37.8 Å². The van der Waals surface area contributed by atoms with E-state index in [0.717, 1.165) is 29.9 Å². The number of benzene rings is 1. The van der Waals surface area contributed by atoms with Crippen LogP contribution >= 0.6 is 0 Å². The highest BCUT2D eigenvalue weighted by atomic mass is 19.1. The van der Waals surface area contributed by atoms with Crippen molar-refractivity contribution in [1.82, 2.24) is 15.3 Å². The van der Waals surface area contributed by atoms with Crippen LogP contribution in [0, 0.1) is 19.7 Å². The summed E-state index contributed by atoms with van der Waals surface area (Å²) in [5.74, 6) is 0.427. The van der Waals surface area contributed by atoms with Gasteiger partial charge in [-0.25, -0.2) is 14.4 Å². The van der Waals surface area contributed by atoms with Crippen LogP contribution in [-0.4, -0.2) is 16.5 Å². The van der Waals surface area contributed by atoms with E-state index in [-0.39, 0.29) is 5.82 Å². The third kappa shape index (κ3) is 2.43. The molecule has 0 spiro atoms. The average Bonchev–Trinajstić information content (AvgIpc) is 2.92. The van der Waals surface area contributed by atoms with E-state index >= 15 is 0 Å². The molecule has 2 heterocycles. The number of nitrogens with zero attached hydrogens (tertiary/aromatic N) is 2. The first kappa shape index (κ1) is 13.2. The molecule has 3 rings (SSSR count). The Morgan fingerprint density at radius 3 is 2.30 bits per heavy atom. The summed E-state index contributed by atoms with van der Waals surface area (Å²) >= 11 is 0. The summed E-state index contributed by atoms with van der Waals surface area (Å²) in [6.45, 7) is 5.11. The molecule has 1 fully saturated rings. The van der Waals surface area contributed by atoms with Gasteiger partial charge in [0.1, 0.15) is 5.82 Å². The second kappa shape index (κ2) is 5.29. The fraction of sp³-hybridized carbons (Fsp3) is 0.375. The molecule has 0 bridgehead atoms. The number of rotatable bonds is 2. The van der Waals surface area contributed by atoms with E-state index in [1.807, 2.05) is 13.8 Å². The Morgan fingerprint density at radius 1 is 1.10 bits per heavy atom. The van der Waals surface area contributed by atoms with Crippen molar-refractivity contribution in [3.63, 3.8) is 0 Å². The Kier molecular flexibility index (Phi) is 3.49. The molecule has 4 heteroatoms. The van der Waals surface area contributed by atoms with Crippen LogP contribution < -0.4 is 5.32 Å². The summed E-state index contributed by atoms with van der Waals surface area (Å²) < 4.78 is 13.0. The maximum Gasteiger partial charge on any atom is 0.159 e. The first-order valence-electron chi connectivity index (χ1n) is 6.99. The van der Waals surface area contributed by atoms with Crippen molar-refractivity contribution in [2.45, 2.75) is 32.7 Å². The number of hydrogen-bond acceptors (Lipinski definition) is 3. The second-order valence-corrected chi connectivity index (χ2v) is 5.29. The average molecular weight is 271 g/mol. The molecule has 3 nitrogen and oxygen atoms in total. The van der Waals surface area contributed by atoms with Crippen molar-refractivity contribution in [3.05, 3.63) is 47.0 Å². The number of aryl methyl sites for hydroxylation is 2. The fourth-order valence-corrected chi connectivity index (χ4v) is 2.89. The fourth-order valence-electron chi connectivity index (χ4n) is 2.89. The van der Waals surface area contributed by atoms with Gasteiger partial charge in [-0.1, -0.05) is 0 Å². The number of hydrogen-bond donors (Lipinski definition) is 1. The minimum absolute atomic E-state index is 0.242. The van der Waals surface area contributed by atoms with Crippen LogP contribution in [0.4, 0.5) is 4.39 Å². The zero-order chi connectivity index (χ0) is 14.1. The lowest BCUT2D eigenvalue weighted by Gasteiger charge is -2.16. The molecule has 104 valence electrons. The van der Waals surface area contributed by atoms with Crippen LogP contribution in [0.2, 0.25) is 0 Å². The molecule has 2 aromatic rings. The number of nitrogens with one attached hydrogen (secondary N) is 1. The van der Waals surface area contributed by atoms with Crippen LogP contribution in [-0.2, 0) is 0 Å². The lowest BCUT2D eigenvalue weighted by atomic mass is 10.0. The van der Waals surface area contributed by atoms with Gasteiger partial charge in [-0.3, -0.25) is 0 Å². The van der Waals surface area contributed by atoms with Crippen LogP contribution in [0.25, 0.3) is 11.4 Å². The summed E-state index contributed by atoms with van der Waals surface area (Å²) in [5.41, 5.74) is 4.09. The van der Waals surface area contributed by atoms with E-state index in [9.17, 15) is 4.39 Å². The molecule has 1 saturated heterocycles. The van der Waals surface area contributed by atoms with Gasteiger partial charge < -0.3 is 5.32 Å². The summed E-state index contributed by atoms with van der Waals surface area (Å²) in [6.07, 6.45) is 2.34. The first-order chi connectivity index (χ1) is 9.65. The van der Waals surface area contributed by atoms with Crippen molar-refractivity contribution in [2.75, 3.05) is 6.54 Å². The van der Waals surface area contributed by atoms with Crippen molar-refractivity contribution in [3.8, 4) is 11.4 Å². The SMILES string of the molecule is Cc1nc(-c2ccc(F)cc2)nc(C)c1C1CCCN1. The third-order valence-corrected chi connectivity index (χ3v) is 3.84. The minimum Gasteiger partial charge on any atom is -0.310 e. The largest absolute Gasteiger partial charge is 0.310 e. The van der Waals surface area contributed by atoms with E-state index in [1.54, 1.807) is 12.1 Å². The van der Waals surface area contributed by atoms with Crippen molar-refractivity contribution < 1.29 is 4.39 Å². The summed E-state index contributed by atoms with van der Waals surface area (Å²) in [4.78, 5) is 9.21. The van der Waals surface area contributed by atoms with Crippen molar-refractivity contribution in [2.24, 2.45) is 0 Å². The molecule has 1 aromatic carbocycles. The smallest absolute Gasteiger partial charge is 0.159 e. The lowest BCUT2D eigenvalue weighted by Crippen LogP contribution is -2.17. The highest BCUT2D eigenvalue weighted by Gasteiger charge is 2.22. The van der Waals surface area contributed by atoms with Gasteiger partial charge in [0, 0.05) is 28.6 Å². The van der Waals surface area contributed by atoms with Gasteiger partial charge in [0.2, 0.25) is 0 Å². The molecule has 1 N–H and O–H groups in total. The minimum atomic E-state index is -0.242. The molecule has 1 unspecified atom stereocenters. The van der Waals surface area contributed by atoms with Gasteiger partial charge in [0.15, 0.2) is 5.82 Å². The Balaban J connectivity index is 2.00. The van der Waals surface area contributed by atoms with Gasteiger partial charge in [0.25, 0.3) is 0 Å². The molecule has 0 aliphatic carbocycles. The van der Waals surface area contributed by atoms with E-state index in [2.05, 4.69) is 15.3 Å². The molecule has 20 heavy (non-hydrogen) atoms. The van der Waals surface area contributed by atoms with E-state index in [0.29, 0.717) is 11.9 Å². The van der Waals surface area contributed by atoms with Gasteiger partial charge in [-0.15, -0.1) is 0 Å². The van der Waals surface area contributed by atoms with Gasteiger partial charge in [-0.05, 0) is 57.5 Å². The molecule has 1 aromatic heterocycles. The van der Waals surface area contributed by atoms with Crippen LogP contribution in [0.5, 0.6) is 0 Å². The van der Waals surface area contributed by atoms with Crippen LogP contribution in [0.15, 0.2) is 24.3 Å². The standard InChI is InChI=1S/C16H18FN3/c1-10-15(14-4-3-9-18-14)11(2)20-16(19-10)12-5-7-13(17)8-6-12/h5-8,14,18H,3-4,9H2,1-2H3. The Labute approximate surface area is 118 Å². The summed E-state index contributed by atoms with van der Waals surface area (Å²) in [6, 6.07) is 6.69. The normalized spacial score (nSPS) is 18.4. The van der Waals surface area contributed by atoms with E-state index in [4.69, 9.17) is 0 Å². The molecular formula is C16H18FN3. The van der Waals surface area contributed by atoms with Gasteiger partial charge in [0.05, 0.1) is 0 Å². The first-order valence-corrected chi connectivity index (χ1v) is 6.99. The Bertz CT molecular complexity index is 593. The molecule has 0 amide bonds. The molecule has 1 atom stereocenters. The number of aromatic nitrogens is 2. The predicted octanol–water partition coefficient (Wildman–Crippen LogP) is 3.32. The molecular weight excluding hydrogens is 253 g/mol. The second-order valence-electron chi connectivity index (χ2n) is 5.29. The van der Waals surface area contributed by atoms with Crippen molar-refractivity contribution in [1.29, 1.82) is 0 Å². The molecule has 1 aliphatic heterocycles. The molecule has 1 aliphatic rings. The zero-order valence-electron chi connectivity index (χ0n) is 11.8. The lowest BCUT2D eigenvalue weighted by molar-refractivity contribution is 0.627. The molecule has 0 radical (unpaired) electrons. The number of halogens is 1. The summed E-state index contributed by atoms with van der Waals surface area (Å²) in [5, 5.41) is 3.49. The van der Waals surface area contributed by atoms with Gasteiger partial charge in [-0.2, -0.15) is 0 Å².